The van der Waals surface area contributed by atoms with Gasteiger partial charge in [0.1, 0.15) is 17.2 Å². The number of rotatable bonds is 7. The Morgan fingerprint density at radius 3 is 1.95 bits per heavy atom. The van der Waals surface area contributed by atoms with Crippen LogP contribution in [0.3, 0.4) is 0 Å². The van der Waals surface area contributed by atoms with Crippen LogP contribution in [-0.2, 0) is 35.4 Å². The van der Waals surface area contributed by atoms with Crippen LogP contribution in [-0.4, -0.2) is 64.7 Å². The van der Waals surface area contributed by atoms with Crippen LogP contribution < -0.4 is 0 Å². The van der Waals surface area contributed by atoms with Crippen LogP contribution in [0.5, 0.6) is 0 Å². The number of nitro groups is 1. The molecular formula is C29H35N3O10S. The first-order valence-electron chi connectivity index (χ1n) is 13.2. The molecule has 0 aliphatic carbocycles. The summed E-state index contributed by atoms with van der Waals surface area (Å²) in [5.74, 6) is -1.07. The second kappa shape index (κ2) is 12.0. The molecule has 3 rings (SSSR count). The van der Waals surface area contributed by atoms with Gasteiger partial charge in [0, 0.05) is 18.7 Å². The first kappa shape index (κ1) is 33.0. The van der Waals surface area contributed by atoms with Crippen molar-refractivity contribution in [1.82, 2.24) is 8.87 Å². The molecule has 0 aliphatic rings. The van der Waals surface area contributed by atoms with E-state index in [4.69, 9.17) is 14.2 Å². The van der Waals surface area contributed by atoms with Gasteiger partial charge in [0.25, 0.3) is 15.7 Å². The highest BCUT2D eigenvalue weighted by atomic mass is 32.2. The fraction of sp³-hybridized carbons (Fsp3) is 0.414. The minimum atomic E-state index is -4.29. The minimum absolute atomic E-state index is 0.0227. The number of aryl methyl sites for hydroxylation is 1. The molecule has 0 aliphatic heterocycles. The van der Waals surface area contributed by atoms with Crippen LogP contribution >= 0.6 is 0 Å². The molecule has 0 saturated carbocycles. The monoisotopic (exact) mass is 617 g/mol. The molecule has 0 saturated heterocycles. The number of carbonyl (C=O) groups excluding carboxylic acids is 3. The van der Waals surface area contributed by atoms with Crippen molar-refractivity contribution in [3.8, 4) is 0 Å². The van der Waals surface area contributed by atoms with Crippen molar-refractivity contribution in [2.45, 2.75) is 77.0 Å². The zero-order chi connectivity index (χ0) is 32.5. The fourth-order valence-electron chi connectivity index (χ4n) is 4.22. The number of amides is 2. The number of esters is 1. The van der Waals surface area contributed by atoms with E-state index in [1.807, 2.05) is 0 Å². The molecule has 0 N–H and O–H groups in total. The number of benzene rings is 2. The Balaban J connectivity index is 2.29. The molecular weight excluding hydrogens is 582 g/mol. The highest BCUT2D eigenvalue weighted by Crippen LogP contribution is 2.34. The molecule has 14 heteroatoms. The van der Waals surface area contributed by atoms with Crippen molar-refractivity contribution in [1.29, 1.82) is 0 Å². The third-order valence-corrected chi connectivity index (χ3v) is 7.69. The number of aromatic nitrogens is 1. The van der Waals surface area contributed by atoms with Crippen LogP contribution in [0.2, 0.25) is 0 Å². The zero-order valence-corrected chi connectivity index (χ0v) is 26.1. The lowest BCUT2D eigenvalue weighted by Gasteiger charge is -2.32. The van der Waals surface area contributed by atoms with Gasteiger partial charge < -0.3 is 14.2 Å². The van der Waals surface area contributed by atoms with E-state index >= 15 is 0 Å². The average Bonchev–Trinajstić information content (AvgIpc) is 3.25. The molecule has 0 bridgehead atoms. The lowest BCUT2D eigenvalue weighted by Crippen LogP contribution is -2.53. The van der Waals surface area contributed by atoms with E-state index in [2.05, 4.69) is 0 Å². The Morgan fingerprint density at radius 1 is 0.953 bits per heavy atom. The highest BCUT2D eigenvalue weighted by Gasteiger charge is 2.42. The maximum atomic E-state index is 13.7. The molecule has 1 heterocycles. The maximum Gasteiger partial charge on any atom is 0.420 e. The first-order chi connectivity index (χ1) is 19.8. The van der Waals surface area contributed by atoms with Crippen molar-refractivity contribution in [2.24, 2.45) is 0 Å². The second-order valence-electron chi connectivity index (χ2n) is 11.8. The SMILES string of the molecule is COC(=O)[C@H](Cc1cn(S(=O)(=O)c2ccc(C)cc2)c2cccc([N+](=O)[O-])c12)N(C(=O)OC(C)(C)C)C(=O)OC(C)(C)C. The van der Waals surface area contributed by atoms with Gasteiger partial charge in [-0.05, 0) is 72.2 Å². The van der Waals surface area contributed by atoms with Gasteiger partial charge in [-0.3, -0.25) is 10.1 Å². The molecule has 13 nitrogen and oxygen atoms in total. The van der Waals surface area contributed by atoms with Gasteiger partial charge in [0.05, 0.1) is 27.8 Å². The molecule has 0 unspecified atom stereocenters. The number of methoxy groups -OCH3 is 1. The van der Waals surface area contributed by atoms with E-state index < -0.39 is 62.5 Å². The van der Waals surface area contributed by atoms with Crippen LogP contribution in [0, 0.1) is 17.0 Å². The summed E-state index contributed by atoms with van der Waals surface area (Å²) in [6.45, 7) is 11.1. The molecule has 3 aromatic rings. The number of fused-ring (bicyclic) bond motifs is 1. The predicted molar refractivity (Wildman–Crippen MR) is 156 cm³/mol. The number of hydrogen-bond acceptors (Lipinski definition) is 10. The van der Waals surface area contributed by atoms with Crippen molar-refractivity contribution in [3.05, 3.63) is 69.9 Å². The Morgan fingerprint density at radius 2 is 1.49 bits per heavy atom. The predicted octanol–water partition coefficient (Wildman–Crippen LogP) is 5.35. The lowest BCUT2D eigenvalue weighted by molar-refractivity contribution is -0.383. The van der Waals surface area contributed by atoms with E-state index in [0.717, 1.165) is 22.8 Å². The molecule has 43 heavy (non-hydrogen) atoms. The number of non-ortho nitro benzene ring substituents is 1. The summed E-state index contributed by atoms with van der Waals surface area (Å²) in [7, 11) is -3.25. The molecule has 2 aromatic carbocycles. The van der Waals surface area contributed by atoms with Crippen molar-refractivity contribution < 1.29 is 41.9 Å². The van der Waals surface area contributed by atoms with Gasteiger partial charge in [-0.15, -0.1) is 0 Å². The van der Waals surface area contributed by atoms with Gasteiger partial charge in [-0.25, -0.2) is 26.8 Å². The minimum Gasteiger partial charge on any atom is -0.467 e. The normalized spacial score (nSPS) is 12.8. The molecule has 0 fully saturated rings. The van der Waals surface area contributed by atoms with Crippen LogP contribution in [0.1, 0.15) is 52.7 Å². The summed E-state index contributed by atoms with van der Waals surface area (Å²) in [6, 6.07) is 8.15. The van der Waals surface area contributed by atoms with Gasteiger partial charge in [0.2, 0.25) is 0 Å². The maximum absolute atomic E-state index is 13.7. The molecule has 232 valence electrons. The van der Waals surface area contributed by atoms with Crippen molar-refractivity contribution in [2.75, 3.05) is 7.11 Å². The van der Waals surface area contributed by atoms with Crippen LogP contribution in [0.15, 0.2) is 53.6 Å². The molecule has 1 aromatic heterocycles. The van der Waals surface area contributed by atoms with Crippen molar-refractivity contribution in [3.63, 3.8) is 0 Å². The Kier molecular flexibility index (Phi) is 9.25. The van der Waals surface area contributed by atoms with Crippen LogP contribution in [0.4, 0.5) is 15.3 Å². The van der Waals surface area contributed by atoms with Gasteiger partial charge in [0.15, 0.2) is 0 Å². The third kappa shape index (κ3) is 7.49. The summed E-state index contributed by atoms with van der Waals surface area (Å²) < 4.78 is 44.0. The number of carbonyl (C=O) groups is 3. The van der Waals surface area contributed by atoms with Gasteiger partial charge >= 0.3 is 18.2 Å². The number of nitro benzene ring substituents is 1. The molecule has 2 amide bonds. The largest absolute Gasteiger partial charge is 0.467 e. The van der Waals surface area contributed by atoms with E-state index in [9.17, 15) is 32.9 Å². The van der Waals surface area contributed by atoms with Crippen molar-refractivity contribution >= 4 is 44.8 Å². The summed E-state index contributed by atoms with van der Waals surface area (Å²) in [5.41, 5.74) is -1.88. The fourth-order valence-corrected chi connectivity index (χ4v) is 5.61. The standard InChI is InChI=1S/C29H35N3O10S/c1-18-12-14-20(15-13-18)43(38,39)30-17-19(24-21(30)10-9-11-22(24)32(36)37)16-23(25(33)40-8)31(26(34)41-28(2,3)4)27(35)42-29(5,6)7/h9-15,17,23H,16H2,1-8H3/t23-/m0/s1. The highest BCUT2D eigenvalue weighted by molar-refractivity contribution is 7.90. The van der Waals surface area contributed by atoms with Gasteiger partial charge in [-0.1, -0.05) is 23.8 Å². The van der Waals surface area contributed by atoms with E-state index in [0.29, 0.717) is 4.90 Å². The molecule has 1 atom stereocenters. The molecule has 0 spiro atoms. The number of nitrogens with zero attached hydrogens (tertiary/aromatic N) is 3. The quantitative estimate of drug-likeness (QED) is 0.146. The Bertz CT molecular complexity index is 1640. The second-order valence-corrected chi connectivity index (χ2v) is 13.6. The van der Waals surface area contributed by atoms with E-state index in [1.54, 1.807) is 60.6 Å². The Hall–Kier alpha value is -4.46. The Labute approximate surface area is 249 Å². The summed E-state index contributed by atoms with van der Waals surface area (Å²) >= 11 is 0. The summed E-state index contributed by atoms with van der Waals surface area (Å²) in [6.07, 6.45) is -1.90. The zero-order valence-electron chi connectivity index (χ0n) is 25.2. The lowest BCUT2D eigenvalue weighted by atomic mass is 10.0. The van der Waals surface area contributed by atoms with E-state index in [1.165, 1.54) is 30.3 Å². The van der Waals surface area contributed by atoms with Crippen LogP contribution in [0.25, 0.3) is 10.9 Å². The smallest absolute Gasteiger partial charge is 0.420 e. The topological polar surface area (TPSA) is 164 Å². The summed E-state index contributed by atoms with van der Waals surface area (Å²) in [4.78, 5) is 51.6. The third-order valence-electron chi connectivity index (χ3n) is 6.01. The van der Waals surface area contributed by atoms with Gasteiger partial charge in [-0.2, -0.15) is 4.90 Å². The van der Waals surface area contributed by atoms with E-state index in [-0.39, 0.29) is 21.4 Å². The number of hydrogen-bond donors (Lipinski definition) is 0. The average molecular weight is 618 g/mol. The first-order valence-corrected chi connectivity index (χ1v) is 14.6. The summed E-state index contributed by atoms with van der Waals surface area (Å²) in [5, 5.41) is 12.0. The number of imide groups is 1. The molecule has 0 radical (unpaired) electrons. The number of ether oxygens (including phenoxy) is 3.